The van der Waals surface area contributed by atoms with Crippen LogP contribution in [0.2, 0.25) is 0 Å². The third kappa shape index (κ3) is 3.76. The number of hydrogen-bond acceptors (Lipinski definition) is 2. The van der Waals surface area contributed by atoms with E-state index in [0.29, 0.717) is 0 Å². The molecular weight excluding hydrogens is 411 g/mol. The summed E-state index contributed by atoms with van der Waals surface area (Å²) in [5, 5.41) is 5.16. The summed E-state index contributed by atoms with van der Waals surface area (Å²) in [6, 6.07) is 40.9. The first-order chi connectivity index (χ1) is 15.5. The molecule has 0 aromatic heterocycles. The van der Waals surface area contributed by atoms with Crippen molar-refractivity contribution in [1.29, 1.82) is 0 Å². The quantitative estimate of drug-likeness (QED) is 0.320. The highest BCUT2D eigenvalue weighted by Crippen LogP contribution is 2.54. The zero-order valence-electron chi connectivity index (χ0n) is 18.7. The summed E-state index contributed by atoms with van der Waals surface area (Å²) < 4.78 is 5.04. The molecule has 0 fully saturated rings. The molecule has 0 aliphatic heterocycles. The Labute approximate surface area is 191 Å². The molecule has 3 heteroatoms. The van der Waals surface area contributed by atoms with Gasteiger partial charge in [0.05, 0.1) is 12.5 Å². The molecule has 0 N–H and O–H groups in total. The maximum Gasteiger partial charge on any atom is 0.315 e. The minimum absolute atomic E-state index is 0.236. The molecule has 0 spiro atoms. The van der Waals surface area contributed by atoms with E-state index in [2.05, 4.69) is 115 Å². The zero-order chi connectivity index (χ0) is 22.6. The van der Waals surface area contributed by atoms with Crippen LogP contribution in [0, 0.1) is 0 Å². The smallest absolute Gasteiger partial charge is 0.315 e. The lowest BCUT2D eigenvalue weighted by atomic mass is 9.85. The van der Waals surface area contributed by atoms with Gasteiger partial charge in [0.2, 0.25) is 0 Å². The van der Waals surface area contributed by atoms with Gasteiger partial charge in [-0.25, -0.2) is 0 Å². The molecule has 0 aliphatic carbocycles. The fraction of sp³-hybridized carbons (Fsp3) is 0.138. The maximum atomic E-state index is 12.4. The van der Waals surface area contributed by atoms with Gasteiger partial charge in [-0.05, 0) is 67.9 Å². The van der Waals surface area contributed by atoms with Crippen molar-refractivity contribution in [1.82, 2.24) is 0 Å². The fourth-order valence-electron chi connectivity index (χ4n) is 4.32. The Balaban J connectivity index is 2.00. The van der Waals surface area contributed by atoms with Crippen molar-refractivity contribution in [3.63, 3.8) is 0 Å². The third-order valence-corrected chi connectivity index (χ3v) is 10.4. The minimum Gasteiger partial charge on any atom is -0.468 e. The standard InChI is InChI=1S/C29H28O2P/c1-29(2,28(30)31-3)23-19-21-27(22-20-23)32(24-13-7-4-8-14-24,25-15-9-5-10-16-25)26-17-11-6-12-18-26/h4-22H,1-3H3/q+1. The van der Waals surface area contributed by atoms with E-state index in [4.69, 9.17) is 4.74 Å². The van der Waals surface area contributed by atoms with Crippen LogP contribution in [0.1, 0.15) is 19.4 Å². The number of hydrogen-bond donors (Lipinski definition) is 0. The van der Waals surface area contributed by atoms with Crippen molar-refractivity contribution in [3.05, 3.63) is 121 Å². The van der Waals surface area contributed by atoms with Crippen molar-refractivity contribution < 1.29 is 9.53 Å². The number of methoxy groups -OCH3 is 1. The van der Waals surface area contributed by atoms with Gasteiger partial charge in [-0.15, -0.1) is 0 Å². The second kappa shape index (κ2) is 9.10. The average molecular weight is 440 g/mol. The third-order valence-electron chi connectivity index (χ3n) is 6.10. The van der Waals surface area contributed by atoms with Gasteiger partial charge in [0.1, 0.15) is 28.5 Å². The summed E-state index contributed by atoms with van der Waals surface area (Å²) in [5.41, 5.74) is 0.237. The number of benzene rings is 4. The monoisotopic (exact) mass is 439 g/mol. The van der Waals surface area contributed by atoms with Crippen molar-refractivity contribution in [2.24, 2.45) is 0 Å². The number of carbonyl (C=O) groups is 1. The van der Waals surface area contributed by atoms with Gasteiger partial charge in [0.25, 0.3) is 0 Å². The van der Waals surface area contributed by atoms with Crippen LogP contribution in [-0.2, 0) is 14.9 Å². The molecular formula is C29H28O2P+. The molecule has 32 heavy (non-hydrogen) atoms. The summed E-state index contributed by atoms with van der Waals surface area (Å²) in [6.07, 6.45) is 0. The van der Waals surface area contributed by atoms with E-state index in [1.165, 1.54) is 28.3 Å². The fourth-order valence-corrected chi connectivity index (χ4v) is 8.57. The van der Waals surface area contributed by atoms with Crippen molar-refractivity contribution in [2.75, 3.05) is 7.11 Å². The molecule has 0 saturated heterocycles. The molecule has 0 radical (unpaired) electrons. The lowest BCUT2D eigenvalue weighted by Crippen LogP contribution is -2.39. The Morgan fingerprint density at radius 2 is 0.938 bits per heavy atom. The Morgan fingerprint density at radius 3 is 1.28 bits per heavy atom. The number of esters is 1. The molecule has 0 bridgehead atoms. The molecule has 2 nitrogen and oxygen atoms in total. The molecule has 4 aromatic rings. The molecule has 0 unspecified atom stereocenters. The van der Waals surface area contributed by atoms with Crippen molar-refractivity contribution in [3.8, 4) is 0 Å². The van der Waals surface area contributed by atoms with Crippen LogP contribution in [-0.4, -0.2) is 13.1 Å². The Hall–Kier alpha value is -3.22. The predicted molar refractivity (Wildman–Crippen MR) is 136 cm³/mol. The highest BCUT2D eigenvalue weighted by atomic mass is 31.2. The minimum atomic E-state index is -2.12. The maximum absolute atomic E-state index is 12.4. The van der Waals surface area contributed by atoms with Crippen LogP contribution >= 0.6 is 7.26 Å². The highest BCUT2D eigenvalue weighted by molar-refractivity contribution is 8.01. The molecule has 0 amide bonds. The SMILES string of the molecule is COC(=O)C(C)(C)c1ccc([P+](c2ccccc2)(c2ccccc2)c2ccccc2)cc1. The Bertz CT molecular complexity index is 1070. The highest BCUT2D eigenvalue weighted by Gasteiger charge is 2.47. The van der Waals surface area contributed by atoms with Crippen LogP contribution in [0.25, 0.3) is 0 Å². The molecule has 160 valence electrons. The van der Waals surface area contributed by atoms with E-state index >= 15 is 0 Å². The molecule has 4 rings (SSSR count). The first-order valence-electron chi connectivity index (χ1n) is 10.8. The van der Waals surface area contributed by atoms with E-state index < -0.39 is 12.7 Å². The van der Waals surface area contributed by atoms with Crippen LogP contribution < -0.4 is 21.2 Å². The number of ether oxygens (including phenoxy) is 1. The van der Waals surface area contributed by atoms with E-state index in [-0.39, 0.29) is 5.97 Å². The van der Waals surface area contributed by atoms with Crippen molar-refractivity contribution >= 4 is 34.4 Å². The summed E-state index contributed by atoms with van der Waals surface area (Å²) >= 11 is 0. The number of carbonyl (C=O) groups excluding carboxylic acids is 1. The summed E-state index contributed by atoms with van der Waals surface area (Å²) in [6.45, 7) is 3.81. The van der Waals surface area contributed by atoms with Gasteiger partial charge in [0.15, 0.2) is 0 Å². The largest absolute Gasteiger partial charge is 0.468 e. The first kappa shape index (κ1) is 22.0. The molecule has 4 aromatic carbocycles. The summed E-state index contributed by atoms with van der Waals surface area (Å²) in [4.78, 5) is 12.4. The van der Waals surface area contributed by atoms with Crippen LogP contribution in [0.3, 0.4) is 0 Å². The van der Waals surface area contributed by atoms with Crippen LogP contribution in [0.5, 0.6) is 0 Å². The van der Waals surface area contributed by atoms with E-state index in [0.717, 1.165) is 5.56 Å². The predicted octanol–water partition coefficient (Wildman–Crippen LogP) is 4.76. The summed E-state index contributed by atoms with van der Waals surface area (Å²) in [7, 11) is -0.685. The van der Waals surface area contributed by atoms with E-state index in [1.807, 2.05) is 13.8 Å². The normalized spacial score (nSPS) is 11.7. The molecule has 0 aliphatic rings. The summed E-state index contributed by atoms with van der Waals surface area (Å²) in [5.74, 6) is -0.236. The first-order valence-corrected chi connectivity index (χ1v) is 12.6. The lowest BCUT2D eigenvalue weighted by molar-refractivity contribution is -0.146. The average Bonchev–Trinajstić information content (AvgIpc) is 2.86. The second-order valence-corrected chi connectivity index (χ2v) is 11.7. The Morgan fingerprint density at radius 1 is 0.594 bits per heavy atom. The van der Waals surface area contributed by atoms with Gasteiger partial charge < -0.3 is 4.74 Å². The molecule has 0 saturated carbocycles. The molecule has 0 atom stereocenters. The second-order valence-electron chi connectivity index (χ2n) is 8.34. The number of rotatable bonds is 6. The van der Waals surface area contributed by atoms with E-state index in [1.54, 1.807) is 0 Å². The van der Waals surface area contributed by atoms with Gasteiger partial charge in [-0.1, -0.05) is 66.7 Å². The van der Waals surface area contributed by atoms with Gasteiger partial charge >= 0.3 is 5.97 Å². The van der Waals surface area contributed by atoms with Gasteiger partial charge in [-0.2, -0.15) is 0 Å². The Kier molecular flexibility index (Phi) is 6.26. The van der Waals surface area contributed by atoms with Gasteiger partial charge in [-0.3, -0.25) is 4.79 Å². The van der Waals surface area contributed by atoms with Crippen LogP contribution in [0.4, 0.5) is 0 Å². The molecule has 0 heterocycles. The van der Waals surface area contributed by atoms with E-state index in [9.17, 15) is 4.79 Å². The zero-order valence-corrected chi connectivity index (χ0v) is 19.6. The lowest BCUT2D eigenvalue weighted by Gasteiger charge is -2.28. The van der Waals surface area contributed by atoms with Gasteiger partial charge in [0, 0.05) is 0 Å². The topological polar surface area (TPSA) is 26.3 Å². The van der Waals surface area contributed by atoms with Crippen molar-refractivity contribution in [2.45, 2.75) is 19.3 Å². The van der Waals surface area contributed by atoms with Crippen LogP contribution in [0.15, 0.2) is 115 Å².